The molecule has 1 N–H and O–H groups in total. The average molecular weight is 495 g/mol. The first-order valence-corrected chi connectivity index (χ1v) is 11.9. The van der Waals surface area contributed by atoms with Gasteiger partial charge in [-0.25, -0.2) is 4.39 Å². The van der Waals surface area contributed by atoms with Gasteiger partial charge in [0.25, 0.3) is 5.91 Å². The first-order chi connectivity index (χ1) is 16.8. The molecule has 1 fully saturated rings. The quantitative estimate of drug-likeness (QED) is 0.658. The molecule has 1 aromatic heterocycles. The fraction of sp³-hybridized carbons (Fsp3) is 0.292. The maximum absolute atomic E-state index is 14.4. The highest BCUT2D eigenvalue weighted by atomic mass is 32.2. The van der Waals surface area contributed by atoms with Crippen molar-refractivity contribution in [2.24, 2.45) is 10.1 Å². The number of nitrogens with one attached hydrogen (secondary N) is 1. The number of thioether (sulfide) groups is 1. The van der Waals surface area contributed by atoms with E-state index in [1.165, 1.54) is 11.1 Å². The van der Waals surface area contributed by atoms with Gasteiger partial charge in [0.1, 0.15) is 10.9 Å². The van der Waals surface area contributed by atoms with E-state index >= 15 is 0 Å². The van der Waals surface area contributed by atoms with Gasteiger partial charge in [-0.15, -0.1) is 0 Å². The lowest BCUT2D eigenvalue weighted by molar-refractivity contribution is -0.133. The molecule has 11 heteroatoms. The fourth-order valence-corrected chi connectivity index (χ4v) is 5.13. The Morgan fingerprint density at radius 1 is 1.26 bits per heavy atom. The van der Waals surface area contributed by atoms with Crippen molar-refractivity contribution < 1.29 is 18.7 Å². The summed E-state index contributed by atoms with van der Waals surface area (Å²) >= 11 is 1.12. The fourth-order valence-electron chi connectivity index (χ4n) is 4.25. The van der Waals surface area contributed by atoms with Crippen LogP contribution in [-0.2, 0) is 14.3 Å². The maximum atomic E-state index is 14.4. The molecule has 1 aromatic carbocycles. The summed E-state index contributed by atoms with van der Waals surface area (Å²) in [6.45, 7) is 5.77. The number of benzene rings is 1. The summed E-state index contributed by atoms with van der Waals surface area (Å²) in [5.74, 6) is -1.10. The van der Waals surface area contributed by atoms with Crippen molar-refractivity contribution in [3.63, 3.8) is 0 Å². The van der Waals surface area contributed by atoms with Crippen LogP contribution < -0.4 is 0 Å². The molecule has 1 saturated heterocycles. The highest BCUT2D eigenvalue weighted by Crippen LogP contribution is 2.31. The van der Waals surface area contributed by atoms with Gasteiger partial charge in [-0.2, -0.15) is 15.1 Å². The molecule has 3 aliphatic rings. The maximum Gasteiger partial charge on any atom is 0.283 e. The molecule has 4 heterocycles. The molecule has 0 atom stereocenters. The number of carbonyl (C=O) groups excluding carboxylic acids is 2. The van der Waals surface area contributed by atoms with Gasteiger partial charge < -0.3 is 14.2 Å². The highest BCUT2D eigenvalue weighted by molar-refractivity contribution is 8.27. The summed E-state index contributed by atoms with van der Waals surface area (Å²) in [7, 11) is 0. The van der Waals surface area contributed by atoms with Crippen molar-refractivity contribution in [3.8, 4) is 5.69 Å². The lowest BCUT2D eigenvalue weighted by atomic mass is 10.1. The molecule has 0 radical (unpaired) electrons. The Labute approximate surface area is 205 Å². The molecule has 2 amide bonds. The van der Waals surface area contributed by atoms with Crippen molar-refractivity contribution in [3.05, 3.63) is 58.7 Å². The van der Waals surface area contributed by atoms with Crippen molar-refractivity contribution in [1.29, 1.82) is 5.41 Å². The van der Waals surface area contributed by atoms with Crippen LogP contribution in [0, 0.1) is 25.1 Å². The minimum Gasteiger partial charge on any atom is -0.378 e. The summed E-state index contributed by atoms with van der Waals surface area (Å²) in [5.41, 5.74) is 2.68. The van der Waals surface area contributed by atoms with Crippen LogP contribution in [0.2, 0.25) is 0 Å². The number of hydrogen-bond acceptors (Lipinski definition) is 6. The Bertz CT molecular complexity index is 1340. The second-order valence-corrected chi connectivity index (χ2v) is 9.34. The van der Waals surface area contributed by atoms with Crippen LogP contribution >= 0.6 is 11.8 Å². The zero-order valence-electron chi connectivity index (χ0n) is 19.2. The summed E-state index contributed by atoms with van der Waals surface area (Å²) in [6.07, 6.45) is 1.66. The lowest BCUT2D eigenvalue weighted by Crippen LogP contribution is -2.41. The number of morpholine rings is 1. The number of amides is 2. The molecule has 0 unspecified atom stereocenters. The smallest absolute Gasteiger partial charge is 0.283 e. The van der Waals surface area contributed by atoms with E-state index in [4.69, 9.17) is 10.1 Å². The Morgan fingerprint density at radius 2 is 2.00 bits per heavy atom. The molecule has 180 valence electrons. The van der Waals surface area contributed by atoms with Gasteiger partial charge in [-0.3, -0.25) is 15.0 Å². The van der Waals surface area contributed by atoms with Crippen molar-refractivity contribution in [2.75, 3.05) is 26.3 Å². The molecule has 0 spiro atoms. The minimum absolute atomic E-state index is 0.0739. The van der Waals surface area contributed by atoms with Crippen LogP contribution in [0.5, 0.6) is 0 Å². The largest absolute Gasteiger partial charge is 0.378 e. The Balaban J connectivity index is 1.40. The van der Waals surface area contributed by atoms with Gasteiger partial charge >= 0.3 is 0 Å². The van der Waals surface area contributed by atoms with Gasteiger partial charge in [0, 0.05) is 24.5 Å². The van der Waals surface area contributed by atoms with Crippen LogP contribution in [0.25, 0.3) is 11.8 Å². The van der Waals surface area contributed by atoms with E-state index < -0.39 is 5.91 Å². The summed E-state index contributed by atoms with van der Waals surface area (Å²) in [5, 5.41) is 15.0. The molecule has 0 bridgehead atoms. The second-order valence-electron chi connectivity index (χ2n) is 8.30. The molecule has 5 rings (SSSR count). The van der Waals surface area contributed by atoms with Gasteiger partial charge in [0.05, 0.1) is 30.9 Å². The standard InChI is InChI=1S/C24H23FN6O3S/c1-14-11-16(15(2)30(14)19-6-4-3-5-18(19)25)12-17-22(26)31-24(27-23(17)33)35-20(28-31)13-21(32)29-7-9-34-10-8-29/h3-6,11-12,26H,7-10,13H2,1-2H3. The minimum atomic E-state index is -0.555. The third-order valence-corrected chi connectivity index (χ3v) is 6.93. The number of para-hydroxylation sites is 1. The number of halogens is 1. The number of fused-ring (bicyclic) bond motifs is 1. The van der Waals surface area contributed by atoms with E-state index in [1.807, 2.05) is 19.9 Å². The van der Waals surface area contributed by atoms with E-state index in [0.29, 0.717) is 42.6 Å². The van der Waals surface area contributed by atoms with E-state index in [1.54, 1.807) is 33.7 Å². The predicted molar refractivity (Wildman–Crippen MR) is 132 cm³/mol. The van der Waals surface area contributed by atoms with Crippen LogP contribution in [0.1, 0.15) is 23.4 Å². The number of aryl methyl sites for hydroxylation is 1. The third-order valence-electron chi connectivity index (χ3n) is 6.03. The van der Waals surface area contributed by atoms with E-state index in [2.05, 4.69) is 10.1 Å². The highest BCUT2D eigenvalue weighted by Gasteiger charge is 2.36. The van der Waals surface area contributed by atoms with E-state index in [0.717, 1.165) is 23.1 Å². The van der Waals surface area contributed by atoms with E-state index in [-0.39, 0.29) is 34.7 Å². The second kappa shape index (κ2) is 9.23. The molecular formula is C24H23FN6O3S. The van der Waals surface area contributed by atoms with E-state index in [9.17, 15) is 14.0 Å². The van der Waals surface area contributed by atoms with Crippen LogP contribution in [0.3, 0.4) is 0 Å². The number of hydrogen-bond donors (Lipinski definition) is 1. The van der Waals surface area contributed by atoms with Gasteiger partial charge in [-0.1, -0.05) is 12.1 Å². The van der Waals surface area contributed by atoms with Crippen LogP contribution in [-0.4, -0.2) is 68.6 Å². The van der Waals surface area contributed by atoms with Crippen LogP contribution in [0.4, 0.5) is 4.39 Å². The Kier molecular flexibility index (Phi) is 6.12. The molecule has 35 heavy (non-hydrogen) atoms. The first-order valence-electron chi connectivity index (χ1n) is 11.1. The van der Waals surface area contributed by atoms with Crippen molar-refractivity contribution in [2.45, 2.75) is 20.3 Å². The average Bonchev–Trinajstić information content (AvgIpc) is 3.37. The molecule has 9 nitrogen and oxygen atoms in total. The van der Waals surface area contributed by atoms with Gasteiger partial charge in [-0.05, 0) is 55.4 Å². The van der Waals surface area contributed by atoms with Crippen molar-refractivity contribution >= 4 is 45.7 Å². The zero-order chi connectivity index (χ0) is 24.7. The number of aromatic nitrogens is 1. The molecule has 3 aliphatic heterocycles. The molecule has 0 saturated carbocycles. The number of rotatable bonds is 4. The predicted octanol–water partition coefficient (Wildman–Crippen LogP) is 3.10. The molecule has 2 aromatic rings. The Hall–Kier alpha value is -3.57. The number of nitrogens with zero attached hydrogens (tertiary/aromatic N) is 5. The summed E-state index contributed by atoms with van der Waals surface area (Å²) < 4.78 is 21.5. The Morgan fingerprint density at radius 3 is 2.74 bits per heavy atom. The topological polar surface area (TPSA) is 103 Å². The molecule has 0 aliphatic carbocycles. The SMILES string of the molecule is Cc1cc(C=C2C(=N)N3N=C(CC(=O)N4CCOCC4)SC3=NC2=O)c(C)n1-c1ccccc1F. The lowest BCUT2D eigenvalue weighted by Gasteiger charge is -2.26. The van der Waals surface area contributed by atoms with Gasteiger partial charge in [0.2, 0.25) is 11.1 Å². The van der Waals surface area contributed by atoms with Crippen molar-refractivity contribution in [1.82, 2.24) is 14.5 Å². The van der Waals surface area contributed by atoms with Crippen LogP contribution in [0.15, 0.2) is 46.0 Å². The third kappa shape index (κ3) is 4.32. The number of aliphatic imine (C=N–C) groups is 1. The summed E-state index contributed by atoms with van der Waals surface area (Å²) in [4.78, 5) is 31.2. The number of amidine groups is 2. The number of ether oxygens (including phenoxy) is 1. The first kappa shape index (κ1) is 23.2. The number of carbonyl (C=O) groups is 2. The normalized spacial score (nSPS) is 19.2. The monoisotopic (exact) mass is 494 g/mol. The van der Waals surface area contributed by atoms with Gasteiger partial charge in [0.15, 0.2) is 5.84 Å². The summed E-state index contributed by atoms with van der Waals surface area (Å²) in [6, 6.07) is 8.31. The zero-order valence-corrected chi connectivity index (χ0v) is 20.1. The number of hydrazone groups is 1. The molecular weight excluding hydrogens is 471 g/mol.